The molecule has 0 atom stereocenters. The Balaban J connectivity index is 1.71. The predicted octanol–water partition coefficient (Wildman–Crippen LogP) is 4.15. The lowest BCUT2D eigenvalue weighted by Crippen LogP contribution is -2.35. The molecule has 1 heterocycles. The van der Waals surface area contributed by atoms with Crippen molar-refractivity contribution in [2.75, 3.05) is 19.6 Å². The summed E-state index contributed by atoms with van der Waals surface area (Å²) in [6.45, 7) is 7.62. The Bertz CT molecular complexity index is 269. The minimum Gasteiger partial charge on any atom is -0.299 e. The van der Waals surface area contributed by atoms with Crippen LogP contribution in [0.3, 0.4) is 0 Å². The average molecular weight is 239 g/mol. The van der Waals surface area contributed by atoms with Gasteiger partial charge in [0.1, 0.15) is 0 Å². The highest BCUT2D eigenvalue weighted by Crippen LogP contribution is 2.53. The summed E-state index contributed by atoms with van der Waals surface area (Å²) < 4.78 is 12.8. The monoisotopic (exact) mass is 239 g/mol. The molecule has 0 aromatic heterocycles. The van der Waals surface area contributed by atoms with E-state index >= 15 is 0 Å². The Hall–Kier alpha value is -0.370. The first-order chi connectivity index (χ1) is 8.13. The van der Waals surface area contributed by atoms with Crippen molar-refractivity contribution in [1.29, 1.82) is 0 Å². The Labute approximate surface area is 105 Å². The van der Waals surface area contributed by atoms with Crippen LogP contribution in [0.15, 0.2) is 11.9 Å². The van der Waals surface area contributed by atoms with Gasteiger partial charge in [-0.2, -0.15) is 0 Å². The van der Waals surface area contributed by atoms with Crippen molar-refractivity contribution in [3.8, 4) is 0 Å². The molecule has 0 aromatic carbocycles. The molecule has 0 bridgehead atoms. The highest BCUT2D eigenvalue weighted by atomic mass is 19.1. The number of likely N-dealkylation sites (tertiary alicyclic amines) is 1. The molecule has 0 unspecified atom stereocenters. The van der Waals surface area contributed by atoms with Gasteiger partial charge in [0.2, 0.25) is 0 Å². The highest BCUT2D eigenvalue weighted by Gasteiger charge is 2.44. The van der Waals surface area contributed by atoms with Gasteiger partial charge in [0.05, 0.1) is 6.33 Å². The minimum atomic E-state index is 0.668. The molecular weight excluding hydrogens is 213 g/mol. The summed E-state index contributed by atoms with van der Waals surface area (Å²) in [5.74, 6) is 0.668. The van der Waals surface area contributed by atoms with Gasteiger partial charge in [0.15, 0.2) is 0 Å². The first kappa shape index (κ1) is 13.1. The van der Waals surface area contributed by atoms with Crippen LogP contribution in [0.1, 0.15) is 52.4 Å². The summed E-state index contributed by atoms with van der Waals surface area (Å²) in [6, 6.07) is 0. The fourth-order valence-corrected chi connectivity index (χ4v) is 2.79. The van der Waals surface area contributed by atoms with Crippen molar-refractivity contribution >= 4 is 0 Å². The van der Waals surface area contributed by atoms with E-state index in [0.717, 1.165) is 36.7 Å². The zero-order chi connectivity index (χ0) is 12.3. The third-order valence-electron chi connectivity index (χ3n) is 4.50. The van der Waals surface area contributed by atoms with Gasteiger partial charge in [-0.3, -0.25) is 4.90 Å². The lowest BCUT2D eigenvalue weighted by Gasteiger charge is -2.32. The van der Waals surface area contributed by atoms with E-state index in [2.05, 4.69) is 18.7 Å². The van der Waals surface area contributed by atoms with Crippen molar-refractivity contribution < 1.29 is 4.39 Å². The number of rotatable bonds is 5. The number of nitrogens with zero attached hydrogens (tertiary/aromatic N) is 1. The Morgan fingerprint density at radius 1 is 1.24 bits per heavy atom. The van der Waals surface area contributed by atoms with Crippen molar-refractivity contribution in [3.05, 3.63) is 11.9 Å². The molecule has 2 aliphatic rings. The smallest absolute Gasteiger partial charge is 0.0871 e. The van der Waals surface area contributed by atoms with Crippen LogP contribution in [-0.2, 0) is 0 Å². The van der Waals surface area contributed by atoms with Crippen LogP contribution in [0.5, 0.6) is 0 Å². The summed E-state index contributed by atoms with van der Waals surface area (Å²) in [6.07, 6.45) is 8.46. The topological polar surface area (TPSA) is 3.24 Å². The maximum atomic E-state index is 12.8. The lowest BCUT2D eigenvalue weighted by molar-refractivity contribution is 0.183. The fourth-order valence-electron chi connectivity index (χ4n) is 2.79. The van der Waals surface area contributed by atoms with Gasteiger partial charge in [-0.05, 0) is 68.5 Å². The van der Waals surface area contributed by atoms with E-state index in [1.165, 1.54) is 38.8 Å². The molecule has 1 saturated carbocycles. The van der Waals surface area contributed by atoms with Gasteiger partial charge in [-0.1, -0.05) is 13.8 Å². The second kappa shape index (κ2) is 5.51. The van der Waals surface area contributed by atoms with E-state index in [1.807, 2.05) is 0 Å². The van der Waals surface area contributed by atoms with Crippen molar-refractivity contribution in [1.82, 2.24) is 4.90 Å². The third kappa shape index (κ3) is 3.80. The maximum Gasteiger partial charge on any atom is 0.0871 e. The molecule has 1 saturated heterocycles. The van der Waals surface area contributed by atoms with Crippen LogP contribution in [0.2, 0.25) is 0 Å². The first-order valence-electron chi connectivity index (χ1n) is 7.14. The highest BCUT2D eigenvalue weighted by molar-refractivity contribution is 5.03. The molecule has 0 radical (unpaired) electrons. The lowest BCUT2D eigenvalue weighted by atomic mass is 9.93. The van der Waals surface area contributed by atoms with Crippen LogP contribution in [0.25, 0.3) is 0 Å². The van der Waals surface area contributed by atoms with Gasteiger partial charge in [0, 0.05) is 6.54 Å². The van der Waals surface area contributed by atoms with Crippen LogP contribution in [0, 0.1) is 11.3 Å². The van der Waals surface area contributed by atoms with E-state index in [-0.39, 0.29) is 0 Å². The molecule has 0 aromatic rings. The molecule has 1 nitrogen and oxygen atoms in total. The molecule has 2 rings (SSSR count). The van der Waals surface area contributed by atoms with E-state index in [9.17, 15) is 4.39 Å². The van der Waals surface area contributed by atoms with Gasteiger partial charge < -0.3 is 0 Å². The zero-order valence-electron chi connectivity index (χ0n) is 11.3. The second-order valence-corrected chi connectivity index (χ2v) is 6.48. The van der Waals surface area contributed by atoms with Crippen molar-refractivity contribution in [3.63, 3.8) is 0 Å². The molecule has 1 spiro atoms. The molecule has 1 aliphatic carbocycles. The van der Waals surface area contributed by atoms with E-state index in [1.54, 1.807) is 0 Å². The van der Waals surface area contributed by atoms with E-state index in [0.29, 0.717) is 5.92 Å². The summed E-state index contributed by atoms with van der Waals surface area (Å²) >= 11 is 0. The van der Waals surface area contributed by atoms with E-state index in [4.69, 9.17) is 0 Å². The predicted molar refractivity (Wildman–Crippen MR) is 70.6 cm³/mol. The molecule has 0 N–H and O–H groups in total. The average Bonchev–Trinajstić information content (AvgIpc) is 3.07. The molecule has 2 heteroatoms. The van der Waals surface area contributed by atoms with Crippen LogP contribution >= 0.6 is 0 Å². The maximum absolute atomic E-state index is 12.8. The zero-order valence-corrected chi connectivity index (χ0v) is 11.3. The minimum absolute atomic E-state index is 0.668. The molecule has 17 heavy (non-hydrogen) atoms. The summed E-state index contributed by atoms with van der Waals surface area (Å²) in [5, 5.41) is 0. The normalized spacial score (nSPS) is 24.6. The Morgan fingerprint density at radius 3 is 2.35 bits per heavy atom. The summed E-state index contributed by atoms with van der Waals surface area (Å²) in [4.78, 5) is 2.44. The van der Waals surface area contributed by atoms with Gasteiger partial charge in [-0.25, -0.2) is 4.39 Å². The molecule has 2 fully saturated rings. The third-order valence-corrected chi connectivity index (χ3v) is 4.50. The summed E-state index contributed by atoms with van der Waals surface area (Å²) in [7, 11) is 0. The van der Waals surface area contributed by atoms with Crippen molar-refractivity contribution in [2.24, 2.45) is 11.3 Å². The van der Waals surface area contributed by atoms with Gasteiger partial charge in [-0.15, -0.1) is 0 Å². The molecule has 1 aliphatic heterocycles. The Morgan fingerprint density at radius 2 is 1.88 bits per heavy atom. The number of piperidine rings is 1. The van der Waals surface area contributed by atoms with Crippen molar-refractivity contribution in [2.45, 2.75) is 52.4 Å². The number of halogens is 1. The van der Waals surface area contributed by atoms with Crippen LogP contribution in [0.4, 0.5) is 4.39 Å². The molecular formula is C15H26FN. The number of hydrogen-bond donors (Lipinski definition) is 0. The number of hydrogen-bond acceptors (Lipinski definition) is 1. The molecule has 98 valence electrons. The van der Waals surface area contributed by atoms with Gasteiger partial charge >= 0.3 is 0 Å². The molecule has 0 amide bonds. The van der Waals surface area contributed by atoms with Gasteiger partial charge in [0.25, 0.3) is 0 Å². The summed E-state index contributed by atoms with van der Waals surface area (Å²) in [5.41, 5.74) is 1.72. The fraction of sp³-hybridized carbons (Fsp3) is 0.867. The largest absolute Gasteiger partial charge is 0.299 e. The first-order valence-corrected chi connectivity index (χ1v) is 7.14. The second-order valence-electron chi connectivity index (χ2n) is 6.48. The SMILES string of the molecule is CC(C)CC/C(=C/F)CN1CCC2(CC1)CC2. The quantitative estimate of drug-likeness (QED) is 0.696. The van der Waals surface area contributed by atoms with E-state index < -0.39 is 0 Å². The van der Waals surface area contributed by atoms with Crippen LogP contribution < -0.4 is 0 Å². The Kier molecular flexibility index (Phi) is 4.24. The standard InChI is InChI=1S/C15H26FN/c1-13(2)3-4-14(11-16)12-17-9-7-15(5-6-15)8-10-17/h11,13H,3-10,12H2,1-2H3/b14-11-. The van der Waals surface area contributed by atoms with Crippen LogP contribution in [-0.4, -0.2) is 24.5 Å².